The Labute approximate surface area is 292 Å². The second kappa shape index (κ2) is 14.2. The number of likely N-dealkylation sites (tertiary alicyclic amines) is 1. The van der Waals surface area contributed by atoms with Crippen molar-refractivity contribution in [1.82, 2.24) is 35.3 Å². The van der Waals surface area contributed by atoms with Crippen LogP contribution in [-0.4, -0.2) is 123 Å². The van der Waals surface area contributed by atoms with Crippen molar-refractivity contribution in [3.05, 3.63) is 82.8 Å². The van der Waals surface area contributed by atoms with Crippen LogP contribution in [0.2, 0.25) is 0 Å². The minimum atomic E-state index is -1.09. The molecule has 5 N–H and O–H groups in total. The molecule has 1 aromatic heterocycles. The molecule has 264 valence electrons. The number of nitrogens with zero attached hydrogens (tertiary/aromatic N) is 5. The second-order valence-corrected chi connectivity index (χ2v) is 13.1. The molecule has 2 aromatic carbocycles. The Morgan fingerprint density at radius 1 is 0.980 bits per heavy atom. The molecule has 2 fully saturated rings. The molecule has 0 bridgehead atoms. The lowest BCUT2D eigenvalue weighted by Crippen LogP contribution is -2.58. The zero-order valence-electron chi connectivity index (χ0n) is 27.6. The van der Waals surface area contributed by atoms with Gasteiger partial charge < -0.3 is 26.0 Å². The van der Waals surface area contributed by atoms with E-state index in [1.165, 1.54) is 29.6 Å². The Morgan fingerprint density at radius 2 is 1.78 bits per heavy atom. The maximum atomic E-state index is 13.3. The highest BCUT2D eigenvalue weighted by atomic mass is 16.3. The lowest BCUT2D eigenvalue weighted by molar-refractivity contribution is -0.136. The molecule has 3 aromatic rings. The molecule has 0 radical (unpaired) electrons. The number of benzene rings is 2. The fourth-order valence-corrected chi connectivity index (χ4v) is 6.86. The number of amides is 6. The van der Waals surface area contributed by atoms with Crippen LogP contribution in [0, 0.1) is 0 Å². The van der Waals surface area contributed by atoms with Crippen molar-refractivity contribution in [3.8, 4) is 0 Å². The third-order valence-electron chi connectivity index (χ3n) is 9.56. The smallest absolute Gasteiger partial charge is 0.270 e. The molecule has 2 atom stereocenters. The molecule has 51 heavy (non-hydrogen) atoms. The van der Waals surface area contributed by atoms with Crippen LogP contribution in [0.3, 0.4) is 0 Å². The third kappa shape index (κ3) is 7.13. The van der Waals surface area contributed by atoms with Crippen molar-refractivity contribution in [3.63, 3.8) is 0 Å². The van der Waals surface area contributed by atoms with E-state index in [1.807, 2.05) is 12.1 Å². The number of hydrogen-bond donors (Lipinski definition) is 5. The summed E-state index contributed by atoms with van der Waals surface area (Å²) >= 11 is 0. The summed E-state index contributed by atoms with van der Waals surface area (Å²) < 4.78 is 0. The second-order valence-electron chi connectivity index (χ2n) is 13.1. The number of carbonyl (C=O) groups excluding carboxylic acids is 6. The Balaban J connectivity index is 0.860. The topological polar surface area (TPSA) is 206 Å². The first kappa shape index (κ1) is 33.7. The van der Waals surface area contributed by atoms with Gasteiger partial charge >= 0.3 is 0 Å². The summed E-state index contributed by atoms with van der Waals surface area (Å²) in [5.41, 5.74) is 3.21. The molecular weight excluding hydrogens is 658 g/mol. The minimum absolute atomic E-state index is 0.0175. The summed E-state index contributed by atoms with van der Waals surface area (Å²) in [6, 6.07) is 13.2. The van der Waals surface area contributed by atoms with Gasteiger partial charge in [-0.15, -0.1) is 0 Å². The van der Waals surface area contributed by atoms with Crippen LogP contribution in [0.4, 0.5) is 11.5 Å². The number of aliphatic hydroxyl groups excluding tert-OH is 1. The average molecular weight is 696 g/mol. The number of fused-ring (bicyclic) bond motifs is 2. The number of piperidine rings is 1. The fraction of sp³-hybridized carbons (Fsp3) is 0.371. The van der Waals surface area contributed by atoms with Gasteiger partial charge in [-0.1, -0.05) is 30.3 Å². The lowest BCUT2D eigenvalue weighted by Gasteiger charge is -2.40. The van der Waals surface area contributed by atoms with Gasteiger partial charge in [0.05, 0.1) is 29.8 Å². The maximum absolute atomic E-state index is 13.3. The van der Waals surface area contributed by atoms with E-state index in [1.54, 1.807) is 17.0 Å². The number of aliphatic hydroxyl groups is 1. The van der Waals surface area contributed by atoms with Crippen LogP contribution in [0.25, 0.3) is 0 Å². The van der Waals surface area contributed by atoms with Gasteiger partial charge in [-0.25, -0.2) is 9.97 Å². The van der Waals surface area contributed by atoms with Crippen molar-refractivity contribution in [2.45, 2.75) is 44.0 Å². The fourth-order valence-electron chi connectivity index (χ4n) is 6.86. The molecule has 0 saturated carbocycles. The van der Waals surface area contributed by atoms with E-state index >= 15 is 0 Å². The predicted molar refractivity (Wildman–Crippen MR) is 181 cm³/mol. The zero-order valence-corrected chi connectivity index (χ0v) is 27.6. The van der Waals surface area contributed by atoms with Crippen molar-refractivity contribution < 1.29 is 33.9 Å². The van der Waals surface area contributed by atoms with Gasteiger partial charge in [-0.2, -0.15) is 0 Å². The molecule has 16 nitrogen and oxygen atoms in total. The first-order valence-corrected chi connectivity index (χ1v) is 16.8. The van der Waals surface area contributed by atoms with Crippen LogP contribution in [-0.2, 0) is 27.3 Å². The number of β-amino-alcohol motifs (C(OH)–C–C–N with tert-alkyl or cyclic N) is 1. The first-order chi connectivity index (χ1) is 24.6. The summed E-state index contributed by atoms with van der Waals surface area (Å²) in [5.74, 6) is -2.69. The van der Waals surface area contributed by atoms with E-state index in [0.717, 1.165) is 24.4 Å². The maximum Gasteiger partial charge on any atom is 0.270 e. The minimum Gasteiger partial charge on any atom is -0.390 e. The molecule has 6 amide bonds. The molecule has 0 spiro atoms. The van der Waals surface area contributed by atoms with Crippen molar-refractivity contribution in [2.24, 2.45) is 0 Å². The molecule has 2 saturated heterocycles. The van der Waals surface area contributed by atoms with E-state index in [2.05, 4.69) is 48.3 Å². The third-order valence-corrected chi connectivity index (χ3v) is 9.56. The first-order valence-electron chi connectivity index (χ1n) is 16.8. The van der Waals surface area contributed by atoms with Crippen molar-refractivity contribution >= 4 is 46.9 Å². The van der Waals surface area contributed by atoms with Gasteiger partial charge in [0.15, 0.2) is 0 Å². The molecular formula is C35H37N9O7. The van der Waals surface area contributed by atoms with Crippen molar-refractivity contribution in [1.29, 1.82) is 0 Å². The number of aromatic nitrogens is 2. The van der Waals surface area contributed by atoms with Gasteiger partial charge in [0.2, 0.25) is 17.7 Å². The number of rotatable bonds is 11. The monoisotopic (exact) mass is 695 g/mol. The summed E-state index contributed by atoms with van der Waals surface area (Å²) in [4.78, 5) is 89.0. The highest BCUT2D eigenvalue weighted by Gasteiger charge is 2.45. The van der Waals surface area contributed by atoms with Crippen LogP contribution < -0.4 is 21.3 Å². The largest absolute Gasteiger partial charge is 0.390 e. The summed E-state index contributed by atoms with van der Waals surface area (Å²) in [5, 5.41) is 21.7. The molecule has 5 heterocycles. The van der Waals surface area contributed by atoms with Gasteiger partial charge in [0.25, 0.3) is 17.7 Å². The Hall–Kier alpha value is -5.74. The van der Waals surface area contributed by atoms with Crippen LogP contribution in [0.15, 0.2) is 54.9 Å². The van der Waals surface area contributed by atoms with Crippen LogP contribution in [0.1, 0.15) is 55.2 Å². The molecule has 4 aliphatic rings. The standard InChI is InChI=1S/C35H37N9O7/c45-23(18-42-11-10-20-4-1-2-5-21(20)15-42)13-37-32(48)26-12-28(39-19-38-26)40-22-16-43(17-22)30(47)14-36-25-7-3-6-24-31(25)35(51)44(34(24)50)27-8-9-29(46)41-33(27)49/h1-7,12,19,22-23,27,36,45H,8-11,13-18H2,(H,37,48)(H,38,39,40)(H,41,46,49)/t23-,27?/m0/s1. The average Bonchev–Trinajstić information content (AvgIpc) is 3.36. The van der Waals surface area contributed by atoms with Gasteiger partial charge in [-0.05, 0) is 36.1 Å². The molecule has 7 rings (SSSR count). The highest BCUT2D eigenvalue weighted by molar-refractivity contribution is 6.25. The van der Waals surface area contributed by atoms with Gasteiger partial charge in [0.1, 0.15) is 23.9 Å². The number of imide groups is 2. The Morgan fingerprint density at radius 3 is 2.59 bits per heavy atom. The Bertz CT molecular complexity index is 1910. The summed E-state index contributed by atoms with van der Waals surface area (Å²) in [7, 11) is 0. The zero-order chi connectivity index (χ0) is 35.6. The van der Waals surface area contributed by atoms with E-state index < -0.39 is 41.7 Å². The lowest BCUT2D eigenvalue weighted by atomic mass is 10.00. The SMILES string of the molecule is O=C1CCC(N2C(=O)c3cccc(NCC(=O)N4CC(Nc5cc(C(=O)NC[C@H](O)CN6CCc7ccccc7C6)ncn5)C4)c3C2=O)C(=O)N1. The van der Waals surface area contributed by atoms with E-state index in [9.17, 15) is 33.9 Å². The quantitative estimate of drug-likeness (QED) is 0.165. The number of carbonyl (C=O) groups is 6. The normalized spacial score (nSPS) is 19.5. The highest BCUT2D eigenvalue weighted by Crippen LogP contribution is 2.32. The molecule has 0 aliphatic carbocycles. The number of anilines is 2. The summed E-state index contributed by atoms with van der Waals surface area (Å²) in [6.45, 7) is 2.71. The van der Waals surface area contributed by atoms with E-state index in [4.69, 9.17) is 0 Å². The van der Waals surface area contributed by atoms with Gasteiger partial charge in [-0.3, -0.25) is 43.9 Å². The molecule has 4 aliphatic heterocycles. The van der Waals surface area contributed by atoms with Crippen molar-refractivity contribution in [2.75, 3.05) is 49.9 Å². The van der Waals surface area contributed by atoms with E-state index in [0.29, 0.717) is 31.1 Å². The molecule has 16 heteroatoms. The summed E-state index contributed by atoms with van der Waals surface area (Å²) in [6.07, 6.45) is 1.51. The van der Waals surface area contributed by atoms with Gasteiger partial charge in [0, 0.05) is 57.4 Å². The number of hydrogen-bond acceptors (Lipinski definition) is 12. The molecule has 1 unspecified atom stereocenters. The van der Waals surface area contributed by atoms with E-state index in [-0.39, 0.29) is 54.7 Å². The predicted octanol–water partition coefficient (Wildman–Crippen LogP) is -0.238. The van der Waals surface area contributed by atoms with Crippen LogP contribution >= 0.6 is 0 Å². The van der Waals surface area contributed by atoms with Crippen LogP contribution in [0.5, 0.6) is 0 Å². The number of nitrogens with one attached hydrogen (secondary N) is 4. The Kier molecular flexibility index (Phi) is 9.42.